The summed E-state index contributed by atoms with van der Waals surface area (Å²) in [6, 6.07) is 0.984. The standard InChI is InChI=1S/C17H38N2O3Si/c1-20-17(13-9-7-5-4-6-8-10-14-18)16(19)12-11-15-23(17,21-2)22-3/h16H,4-15,18-19H2,1-3H3. The zero-order chi connectivity index (χ0) is 17.2. The lowest BCUT2D eigenvalue weighted by molar-refractivity contribution is -0.0290. The van der Waals surface area contributed by atoms with E-state index in [0.29, 0.717) is 0 Å². The molecule has 0 aliphatic carbocycles. The number of nitrogens with two attached hydrogens (primary N) is 2. The number of hydrogen-bond acceptors (Lipinski definition) is 5. The van der Waals surface area contributed by atoms with Crippen LogP contribution in [0.25, 0.3) is 0 Å². The zero-order valence-corrected chi connectivity index (χ0v) is 16.4. The van der Waals surface area contributed by atoms with Crippen molar-refractivity contribution in [1.82, 2.24) is 0 Å². The Morgan fingerprint density at radius 3 is 2.04 bits per heavy atom. The molecule has 138 valence electrons. The normalized spacial score (nSPS) is 27.3. The van der Waals surface area contributed by atoms with Gasteiger partial charge >= 0.3 is 8.56 Å². The molecule has 0 radical (unpaired) electrons. The largest absolute Gasteiger partial charge is 0.396 e. The Labute approximate surface area is 143 Å². The second-order valence-electron chi connectivity index (χ2n) is 6.77. The summed E-state index contributed by atoms with van der Waals surface area (Å²) >= 11 is 0. The van der Waals surface area contributed by atoms with Crippen molar-refractivity contribution in [3.05, 3.63) is 0 Å². The molecule has 0 aromatic heterocycles. The highest BCUT2D eigenvalue weighted by Crippen LogP contribution is 2.42. The van der Waals surface area contributed by atoms with Crippen LogP contribution in [0.3, 0.4) is 0 Å². The third kappa shape index (κ3) is 5.00. The molecule has 2 atom stereocenters. The van der Waals surface area contributed by atoms with E-state index in [-0.39, 0.29) is 6.04 Å². The van der Waals surface area contributed by atoms with Gasteiger partial charge in [0.2, 0.25) is 0 Å². The van der Waals surface area contributed by atoms with Crippen LogP contribution < -0.4 is 11.5 Å². The third-order valence-corrected chi connectivity index (χ3v) is 9.99. The lowest BCUT2D eigenvalue weighted by Gasteiger charge is -2.51. The van der Waals surface area contributed by atoms with Crippen LogP contribution >= 0.6 is 0 Å². The number of methoxy groups -OCH3 is 1. The number of unbranched alkanes of at least 4 members (excludes halogenated alkanes) is 6. The van der Waals surface area contributed by atoms with Gasteiger partial charge in [0.15, 0.2) is 0 Å². The van der Waals surface area contributed by atoms with E-state index in [1.54, 1.807) is 21.3 Å². The lowest BCUT2D eigenvalue weighted by Crippen LogP contribution is -2.72. The summed E-state index contributed by atoms with van der Waals surface area (Å²) in [5, 5.41) is -0.408. The minimum absolute atomic E-state index is 0.0115. The molecule has 1 saturated heterocycles. The Morgan fingerprint density at radius 1 is 0.957 bits per heavy atom. The van der Waals surface area contributed by atoms with E-state index in [1.807, 2.05) is 0 Å². The van der Waals surface area contributed by atoms with Crippen molar-refractivity contribution in [3.8, 4) is 0 Å². The maximum absolute atomic E-state index is 6.48. The maximum Gasteiger partial charge on any atom is 0.372 e. The molecule has 23 heavy (non-hydrogen) atoms. The van der Waals surface area contributed by atoms with Crippen molar-refractivity contribution >= 4 is 8.56 Å². The summed E-state index contributed by atoms with van der Waals surface area (Å²) < 4.78 is 17.9. The highest BCUT2D eigenvalue weighted by Gasteiger charge is 2.62. The van der Waals surface area contributed by atoms with Crippen molar-refractivity contribution in [2.45, 2.75) is 81.5 Å². The van der Waals surface area contributed by atoms with Crippen LogP contribution in [0.4, 0.5) is 0 Å². The first kappa shape index (κ1) is 21.1. The van der Waals surface area contributed by atoms with Gasteiger partial charge in [0.05, 0.1) is 0 Å². The molecule has 0 amide bonds. The van der Waals surface area contributed by atoms with Crippen LogP contribution in [-0.2, 0) is 13.6 Å². The van der Waals surface area contributed by atoms with Crippen LogP contribution in [0.2, 0.25) is 6.04 Å². The first-order valence-electron chi connectivity index (χ1n) is 9.23. The third-order valence-electron chi connectivity index (χ3n) is 5.54. The number of rotatable bonds is 12. The molecule has 0 bridgehead atoms. The molecule has 6 heteroatoms. The topological polar surface area (TPSA) is 79.7 Å². The Morgan fingerprint density at radius 2 is 1.52 bits per heavy atom. The van der Waals surface area contributed by atoms with Crippen molar-refractivity contribution in [1.29, 1.82) is 0 Å². The average Bonchev–Trinajstić information content (AvgIpc) is 2.58. The fourth-order valence-electron chi connectivity index (χ4n) is 4.12. The van der Waals surface area contributed by atoms with E-state index in [2.05, 4.69) is 0 Å². The Kier molecular flexibility index (Phi) is 9.88. The molecule has 4 N–H and O–H groups in total. The van der Waals surface area contributed by atoms with Gasteiger partial charge in [-0.1, -0.05) is 38.5 Å². The molecule has 5 nitrogen and oxygen atoms in total. The van der Waals surface area contributed by atoms with Gasteiger partial charge in [0, 0.05) is 27.4 Å². The van der Waals surface area contributed by atoms with Gasteiger partial charge in [0.1, 0.15) is 5.22 Å². The highest BCUT2D eigenvalue weighted by molar-refractivity contribution is 6.71. The quantitative estimate of drug-likeness (QED) is 0.419. The minimum Gasteiger partial charge on any atom is -0.396 e. The average molecular weight is 347 g/mol. The predicted molar refractivity (Wildman–Crippen MR) is 97.5 cm³/mol. The van der Waals surface area contributed by atoms with E-state index in [1.165, 1.54) is 32.1 Å². The summed E-state index contributed by atoms with van der Waals surface area (Å²) in [5.74, 6) is 0. The van der Waals surface area contributed by atoms with Gasteiger partial charge in [0.25, 0.3) is 0 Å². The molecular formula is C17H38N2O3Si. The molecule has 0 saturated carbocycles. The van der Waals surface area contributed by atoms with Crippen LogP contribution in [0.15, 0.2) is 0 Å². The molecule has 0 aromatic rings. The van der Waals surface area contributed by atoms with Gasteiger partial charge in [-0.05, 0) is 38.3 Å². The van der Waals surface area contributed by atoms with Gasteiger partial charge in [-0.2, -0.15) is 0 Å². The van der Waals surface area contributed by atoms with Crippen molar-refractivity contribution in [2.75, 3.05) is 27.9 Å². The summed E-state index contributed by atoms with van der Waals surface area (Å²) in [5.41, 5.74) is 12.0. The summed E-state index contributed by atoms with van der Waals surface area (Å²) in [6.07, 6.45) is 11.6. The van der Waals surface area contributed by atoms with E-state index in [9.17, 15) is 0 Å². The molecule has 1 aliphatic heterocycles. The molecule has 1 aliphatic rings. The van der Waals surface area contributed by atoms with Gasteiger partial charge in [-0.15, -0.1) is 0 Å². The second kappa shape index (κ2) is 10.8. The van der Waals surface area contributed by atoms with Crippen molar-refractivity contribution in [3.63, 3.8) is 0 Å². The fraction of sp³-hybridized carbons (Fsp3) is 1.00. The Bertz CT molecular complexity index is 316. The number of ether oxygens (including phenoxy) is 1. The fourth-order valence-corrected chi connectivity index (χ4v) is 8.05. The molecule has 1 fully saturated rings. The minimum atomic E-state index is -2.42. The zero-order valence-electron chi connectivity index (χ0n) is 15.4. The van der Waals surface area contributed by atoms with Crippen LogP contribution in [0, 0.1) is 0 Å². The van der Waals surface area contributed by atoms with E-state index >= 15 is 0 Å². The van der Waals surface area contributed by atoms with Crippen molar-refractivity contribution < 1.29 is 13.6 Å². The maximum atomic E-state index is 6.48. The van der Waals surface area contributed by atoms with Crippen molar-refractivity contribution in [2.24, 2.45) is 11.5 Å². The van der Waals surface area contributed by atoms with E-state index < -0.39 is 13.8 Å². The summed E-state index contributed by atoms with van der Waals surface area (Å²) in [6.45, 7) is 0.814. The first-order chi connectivity index (χ1) is 11.1. The first-order valence-corrected chi connectivity index (χ1v) is 11.3. The Hall–Kier alpha value is 0.0169. The second-order valence-corrected chi connectivity index (χ2v) is 10.4. The van der Waals surface area contributed by atoms with Crippen LogP contribution in [-0.4, -0.2) is 47.7 Å². The SMILES string of the molecule is COC1(CCCCCCCCCN)C(N)CCC[Si]1(OC)OC. The van der Waals surface area contributed by atoms with E-state index in [0.717, 1.165) is 44.7 Å². The summed E-state index contributed by atoms with van der Waals surface area (Å²) in [7, 11) is 2.88. The monoisotopic (exact) mass is 346 g/mol. The molecule has 0 spiro atoms. The smallest absolute Gasteiger partial charge is 0.372 e. The van der Waals surface area contributed by atoms with Gasteiger partial charge < -0.3 is 25.1 Å². The highest BCUT2D eigenvalue weighted by atomic mass is 28.4. The number of hydrogen-bond donors (Lipinski definition) is 2. The lowest BCUT2D eigenvalue weighted by atomic mass is 9.98. The summed E-state index contributed by atoms with van der Waals surface area (Å²) in [4.78, 5) is 0. The van der Waals surface area contributed by atoms with Crippen LogP contribution in [0.1, 0.15) is 64.2 Å². The molecule has 2 unspecified atom stereocenters. The van der Waals surface area contributed by atoms with Gasteiger partial charge in [-0.3, -0.25) is 0 Å². The Balaban J connectivity index is 2.50. The molecule has 1 rings (SSSR count). The van der Waals surface area contributed by atoms with Crippen LogP contribution in [0.5, 0.6) is 0 Å². The van der Waals surface area contributed by atoms with E-state index in [4.69, 9.17) is 25.1 Å². The van der Waals surface area contributed by atoms with Gasteiger partial charge in [-0.25, -0.2) is 0 Å². The molecular weight excluding hydrogens is 308 g/mol. The predicted octanol–water partition coefficient (Wildman–Crippen LogP) is 2.85. The molecule has 0 aromatic carbocycles. The molecule has 1 heterocycles.